The van der Waals surface area contributed by atoms with E-state index in [9.17, 15) is 14.4 Å². The molecule has 0 bridgehead atoms. The molecule has 7 nitrogen and oxygen atoms in total. The van der Waals surface area contributed by atoms with E-state index >= 15 is 0 Å². The maximum atomic E-state index is 12.9. The molecule has 0 unspecified atom stereocenters. The van der Waals surface area contributed by atoms with Crippen LogP contribution in [-0.2, 0) is 9.53 Å². The number of benzene rings is 2. The molecule has 0 aromatic heterocycles. The van der Waals surface area contributed by atoms with Crippen LogP contribution >= 0.6 is 0 Å². The van der Waals surface area contributed by atoms with Crippen LogP contribution in [0.4, 0.5) is 16.2 Å². The lowest BCUT2D eigenvalue weighted by Gasteiger charge is -2.21. The molecule has 1 saturated heterocycles. The molecule has 27 heavy (non-hydrogen) atoms. The largest absolute Gasteiger partial charge is 0.448 e. The first-order chi connectivity index (χ1) is 13.1. The second kappa shape index (κ2) is 8.35. The lowest BCUT2D eigenvalue weighted by atomic mass is 10.1. The van der Waals surface area contributed by atoms with Crippen molar-refractivity contribution in [3.8, 4) is 0 Å². The number of hydrogen-bond donors (Lipinski definition) is 1. The molecule has 1 aliphatic heterocycles. The predicted octanol–water partition coefficient (Wildman–Crippen LogP) is 2.74. The molecule has 0 atom stereocenters. The van der Waals surface area contributed by atoms with Crippen molar-refractivity contribution in [2.24, 2.45) is 0 Å². The van der Waals surface area contributed by atoms with Gasteiger partial charge >= 0.3 is 6.09 Å². The van der Waals surface area contributed by atoms with Crippen LogP contribution in [0.15, 0.2) is 54.6 Å². The number of para-hydroxylation sites is 1. The number of anilines is 2. The van der Waals surface area contributed by atoms with Crippen LogP contribution in [-0.4, -0.2) is 49.0 Å². The Bertz CT molecular complexity index is 838. The Balaban J connectivity index is 1.70. The van der Waals surface area contributed by atoms with E-state index in [4.69, 9.17) is 4.74 Å². The monoisotopic (exact) mass is 367 g/mol. The van der Waals surface area contributed by atoms with Crippen LogP contribution < -0.4 is 10.2 Å². The molecule has 1 heterocycles. The number of carbonyl (C=O) groups excluding carboxylic acids is 3. The molecule has 7 heteroatoms. The Morgan fingerprint density at radius 3 is 2.59 bits per heavy atom. The van der Waals surface area contributed by atoms with Crippen molar-refractivity contribution in [3.05, 3.63) is 60.2 Å². The summed E-state index contributed by atoms with van der Waals surface area (Å²) in [5.41, 5.74) is 1.79. The van der Waals surface area contributed by atoms with E-state index in [-0.39, 0.29) is 18.4 Å². The Morgan fingerprint density at radius 2 is 1.93 bits per heavy atom. The van der Waals surface area contributed by atoms with Gasteiger partial charge in [0.15, 0.2) is 0 Å². The highest BCUT2D eigenvalue weighted by Crippen LogP contribution is 2.19. The number of hydrogen-bond acceptors (Lipinski definition) is 4. The van der Waals surface area contributed by atoms with E-state index in [1.54, 1.807) is 29.2 Å². The molecule has 1 N–H and O–H groups in total. The summed E-state index contributed by atoms with van der Waals surface area (Å²) in [7, 11) is 0. The lowest BCUT2D eigenvalue weighted by molar-refractivity contribution is -0.116. The minimum absolute atomic E-state index is 0.0812. The standard InChI is InChI=1S/C20H21N3O4/c1-2-23(17-9-4-3-5-10-17)19(25)15-7-6-8-16(13-15)21-18(24)14-22-11-12-27-20(22)26/h3-10,13H,2,11-12,14H2,1H3,(H,21,24). The summed E-state index contributed by atoms with van der Waals surface area (Å²) in [5, 5.41) is 2.72. The lowest BCUT2D eigenvalue weighted by Crippen LogP contribution is -2.34. The first-order valence-electron chi connectivity index (χ1n) is 8.77. The fourth-order valence-electron chi connectivity index (χ4n) is 2.88. The molecule has 3 amide bonds. The summed E-state index contributed by atoms with van der Waals surface area (Å²) in [5.74, 6) is -0.489. The molecule has 2 aromatic carbocycles. The van der Waals surface area contributed by atoms with Gasteiger partial charge in [-0.3, -0.25) is 14.5 Å². The summed E-state index contributed by atoms with van der Waals surface area (Å²) >= 11 is 0. The van der Waals surface area contributed by atoms with Crippen LogP contribution in [0, 0.1) is 0 Å². The minimum Gasteiger partial charge on any atom is -0.448 e. The summed E-state index contributed by atoms with van der Waals surface area (Å²) in [4.78, 5) is 39.5. The number of carbonyl (C=O) groups is 3. The highest BCUT2D eigenvalue weighted by molar-refractivity contribution is 6.07. The molecular formula is C20H21N3O4. The van der Waals surface area contributed by atoms with E-state index in [1.807, 2.05) is 37.3 Å². The molecule has 0 radical (unpaired) electrons. The van der Waals surface area contributed by atoms with Gasteiger partial charge < -0.3 is 15.0 Å². The number of nitrogens with one attached hydrogen (secondary N) is 1. The fourth-order valence-corrected chi connectivity index (χ4v) is 2.88. The maximum absolute atomic E-state index is 12.9. The van der Waals surface area contributed by atoms with Crippen LogP contribution in [0.25, 0.3) is 0 Å². The first kappa shape index (κ1) is 18.4. The summed E-state index contributed by atoms with van der Waals surface area (Å²) in [6.45, 7) is 3.04. The van der Waals surface area contributed by atoms with Crippen LogP contribution in [0.3, 0.4) is 0 Å². The average Bonchev–Trinajstić information content (AvgIpc) is 3.08. The Hall–Kier alpha value is -3.35. The van der Waals surface area contributed by atoms with Gasteiger partial charge in [0.05, 0.1) is 6.54 Å². The van der Waals surface area contributed by atoms with Crippen LogP contribution in [0.1, 0.15) is 17.3 Å². The summed E-state index contributed by atoms with van der Waals surface area (Å²) in [6.07, 6.45) is -0.490. The van der Waals surface area contributed by atoms with Gasteiger partial charge in [0.25, 0.3) is 5.91 Å². The topological polar surface area (TPSA) is 79.0 Å². The third-order valence-corrected chi connectivity index (χ3v) is 4.20. The summed E-state index contributed by atoms with van der Waals surface area (Å²) in [6, 6.07) is 16.2. The van der Waals surface area contributed by atoms with E-state index < -0.39 is 6.09 Å². The Morgan fingerprint density at radius 1 is 1.15 bits per heavy atom. The van der Waals surface area contributed by atoms with Crippen molar-refractivity contribution in [1.82, 2.24) is 4.90 Å². The van der Waals surface area contributed by atoms with Crippen molar-refractivity contribution < 1.29 is 19.1 Å². The number of rotatable bonds is 6. The van der Waals surface area contributed by atoms with E-state index in [0.717, 1.165) is 5.69 Å². The van der Waals surface area contributed by atoms with Gasteiger partial charge in [-0.2, -0.15) is 0 Å². The normalized spacial score (nSPS) is 13.2. The van der Waals surface area contributed by atoms with Crippen molar-refractivity contribution in [1.29, 1.82) is 0 Å². The van der Waals surface area contributed by atoms with Crippen molar-refractivity contribution in [2.75, 3.05) is 36.5 Å². The molecule has 0 saturated carbocycles. The fraction of sp³-hybridized carbons (Fsp3) is 0.250. The van der Waals surface area contributed by atoms with Crippen molar-refractivity contribution in [3.63, 3.8) is 0 Å². The van der Waals surface area contributed by atoms with Gasteiger partial charge in [-0.15, -0.1) is 0 Å². The number of ether oxygens (including phenoxy) is 1. The van der Waals surface area contributed by atoms with Gasteiger partial charge in [0.2, 0.25) is 5.91 Å². The summed E-state index contributed by atoms with van der Waals surface area (Å²) < 4.78 is 4.80. The van der Waals surface area contributed by atoms with Gasteiger partial charge in [-0.25, -0.2) is 4.79 Å². The van der Waals surface area contributed by atoms with Gasteiger partial charge in [0, 0.05) is 23.5 Å². The number of amides is 3. The highest BCUT2D eigenvalue weighted by atomic mass is 16.6. The molecule has 1 fully saturated rings. The van der Waals surface area contributed by atoms with Crippen molar-refractivity contribution in [2.45, 2.75) is 6.92 Å². The molecule has 0 aliphatic carbocycles. The molecule has 2 aromatic rings. The smallest absolute Gasteiger partial charge is 0.410 e. The van der Waals surface area contributed by atoms with Crippen molar-refractivity contribution >= 4 is 29.3 Å². The van der Waals surface area contributed by atoms with Crippen LogP contribution in [0.5, 0.6) is 0 Å². The van der Waals surface area contributed by atoms with Gasteiger partial charge in [-0.05, 0) is 37.3 Å². The Kier molecular flexibility index (Phi) is 5.71. The third kappa shape index (κ3) is 4.44. The van der Waals surface area contributed by atoms with Crippen LogP contribution in [0.2, 0.25) is 0 Å². The van der Waals surface area contributed by atoms with Gasteiger partial charge in [-0.1, -0.05) is 24.3 Å². The van der Waals surface area contributed by atoms with E-state index in [2.05, 4.69) is 5.32 Å². The average molecular weight is 367 g/mol. The second-order valence-electron chi connectivity index (χ2n) is 6.05. The molecular weight excluding hydrogens is 346 g/mol. The van der Waals surface area contributed by atoms with E-state index in [0.29, 0.717) is 30.9 Å². The Labute approximate surface area is 157 Å². The first-order valence-corrected chi connectivity index (χ1v) is 8.77. The predicted molar refractivity (Wildman–Crippen MR) is 102 cm³/mol. The zero-order valence-corrected chi connectivity index (χ0v) is 15.1. The minimum atomic E-state index is -0.490. The maximum Gasteiger partial charge on any atom is 0.410 e. The molecule has 1 aliphatic rings. The second-order valence-corrected chi connectivity index (χ2v) is 6.05. The number of nitrogens with zero attached hydrogens (tertiary/aromatic N) is 2. The quantitative estimate of drug-likeness (QED) is 0.851. The highest BCUT2D eigenvalue weighted by Gasteiger charge is 2.24. The molecule has 3 rings (SSSR count). The third-order valence-electron chi connectivity index (χ3n) is 4.20. The molecule has 140 valence electrons. The van der Waals surface area contributed by atoms with Gasteiger partial charge in [0.1, 0.15) is 13.2 Å². The SMILES string of the molecule is CCN(C(=O)c1cccc(NC(=O)CN2CCOC2=O)c1)c1ccccc1. The molecule has 0 spiro atoms. The zero-order chi connectivity index (χ0) is 19.2. The number of cyclic esters (lactones) is 1. The zero-order valence-electron chi connectivity index (χ0n) is 15.1. The van der Waals surface area contributed by atoms with E-state index in [1.165, 1.54) is 4.90 Å².